The molecule has 0 saturated carbocycles. The summed E-state index contributed by atoms with van der Waals surface area (Å²) < 4.78 is 10.8. The molecule has 2 heterocycles. The van der Waals surface area contributed by atoms with Crippen molar-refractivity contribution in [3.8, 4) is 16.5 Å². The molecule has 129 valence electrons. The molecule has 2 N–H and O–H groups in total. The minimum atomic E-state index is -0.283. The van der Waals surface area contributed by atoms with Crippen LogP contribution in [0.15, 0.2) is 40.1 Å². The highest BCUT2D eigenvalue weighted by Gasteiger charge is 2.15. The van der Waals surface area contributed by atoms with Crippen molar-refractivity contribution >= 4 is 22.9 Å². The Balaban J connectivity index is 1.66. The number of rotatable bonds is 7. The number of anilines is 1. The molecule has 0 aliphatic carbocycles. The zero-order valence-electron chi connectivity index (χ0n) is 13.6. The lowest BCUT2D eigenvalue weighted by atomic mass is 10.1. The molecule has 8 heteroatoms. The second kappa shape index (κ2) is 7.80. The number of carbonyl (C=O) groups is 1. The molecule has 0 saturated heterocycles. The molecule has 0 aliphatic rings. The maximum Gasteiger partial charge on any atom is 0.257 e. The van der Waals surface area contributed by atoms with Crippen molar-refractivity contribution in [2.45, 2.75) is 6.54 Å². The molecule has 1 aromatic carbocycles. The van der Waals surface area contributed by atoms with Gasteiger partial charge in [-0.15, -0.1) is 21.5 Å². The number of methoxy groups -OCH3 is 1. The molecular formula is C17H17N4O3S. The number of aromatic nitrogens is 2. The molecule has 1 amide bonds. The topological polar surface area (TPSA) is 89.3 Å². The van der Waals surface area contributed by atoms with Crippen molar-refractivity contribution < 1.29 is 13.9 Å². The molecule has 3 aromatic rings. The number of carbonyl (C=O) groups excluding carboxylic acids is 1. The Morgan fingerprint density at radius 3 is 2.96 bits per heavy atom. The molecule has 0 atom stereocenters. The van der Waals surface area contributed by atoms with Gasteiger partial charge in [0.25, 0.3) is 11.8 Å². The standard InChI is InChI=1S/C17H17N4O3S/c1-3-18-11-6-7-12(13(9-11)23-2)16(22)19-10-15-20-21-17(24-15)14-5-4-8-25-14/h4-9,18H,1,3,10H2,2H3,(H,19,22). The highest BCUT2D eigenvalue weighted by atomic mass is 32.1. The lowest BCUT2D eigenvalue weighted by Gasteiger charge is -2.11. The van der Waals surface area contributed by atoms with Gasteiger partial charge in [0.05, 0.1) is 24.1 Å². The van der Waals surface area contributed by atoms with Gasteiger partial charge in [0.2, 0.25) is 5.89 Å². The minimum absolute atomic E-state index is 0.138. The van der Waals surface area contributed by atoms with Gasteiger partial charge in [0.1, 0.15) is 5.75 Å². The summed E-state index contributed by atoms with van der Waals surface area (Å²) in [6.45, 7) is 4.40. The maximum atomic E-state index is 12.4. The van der Waals surface area contributed by atoms with E-state index in [0.29, 0.717) is 29.6 Å². The van der Waals surface area contributed by atoms with Gasteiger partial charge in [-0.05, 0) is 30.5 Å². The molecule has 25 heavy (non-hydrogen) atoms. The lowest BCUT2D eigenvalue weighted by molar-refractivity contribution is 0.0944. The predicted octanol–water partition coefficient (Wildman–Crippen LogP) is 2.98. The maximum absolute atomic E-state index is 12.4. The number of nitrogens with one attached hydrogen (secondary N) is 2. The SMILES string of the molecule is [CH2]CNc1ccc(C(=O)NCc2nnc(-c3cccs3)o2)c(OC)c1. The van der Waals surface area contributed by atoms with Crippen molar-refractivity contribution in [1.29, 1.82) is 0 Å². The molecular weight excluding hydrogens is 340 g/mol. The Morgan fingerprint density at radius 2 is 2.24 bits per heavy atom. The zero-order chi connectivity index (χ0) is 17.6. The quantitative estimate of drug-likeness (QED) is 0.676. The smallest absolute Gasteiger partial charge is 0.257 e. The van der Waals surface area contributed by atoms with Crippen molar-refractivity contribution in [3.05, 3.63) is 54.1 Å². The number of benzene rings is 1. The molecule has 0 fully saturated rings. The summed E-state index contributed by atoms with van der Waals surface area (Å²) in [7, 11) is 1.52. The number of nitrogens with zero attached hydrogens (tertiary/aromatic N) is 2. The molecule has 3 rings (SSSR count). The van der Waals surface area contributed by atoms with E-state index in [4.69, 9.17) is 9.15 Å². The monoisotopic (exact) mass is 357 g/mol. The normalized spacial score (nSPS) is 10.5. The van der Waals surface area contributed by atoms with Crippen LogP contribution in [0.25, 0.3) is 10.8 Å². The van der Waals surface area contributed by atoms with E-state index in [2.05, 4.69) is 27.8 Å². The van der Waals surface area contributed by atoms with Gasteiger partial charge in [-0.1, -0.05) is 6.07 Å². The van der Waals surface area contributed by atoms with Gasteiger partial charge in [0.15, 0.2) is 0 Å². The van der Waals surface area contributed by atoms with Crippen LogP contribution in [0.1, 0.15) is 16.2 Å². The first-order valence-corrected chi connectivity index (χ1v) is 8.45. The first-order chi connectivity index (χ1) is 12.2. The van der Waals surface area contributed by atoms with Crippen LogP contribution in [0.2, 0.25) is 0 Å². The Bertz CT molecular complexity index is 845. The van der Waals surface area contributed by atoms with E-state index < -0.39 is 0 Å². The third-order valence-corrected chi connectivity index (χ3v) is 4.23. The highest BCUT2D eigenvalue weighted by molar-refractivity contribution is 7.13. The Hall–Kier alpha value is -2.87. The summed E-state index contributed by atoms with van der Waals surface area (Å²) in [6, 6.07) is 9.04. The molecule has 0 bridgehead atoms. The minimum Gasteiger partial charge on any atom is -0.496 e. The average Bonchev–Trinajstić information content (AvgIpc) is 3.31. The average molecular weight is 357 g/mol. The molecule has 2 aromatic heterocycles. The second-order valence-corrected chi connectivity index (χ2v) is 5.95. The molecule has 7 nitrogen and oxygen atoms in total. The van der Waals surface area contributed by atoms with Gasteiger partial charge < -0.3 is 19.8 Å². The van der Waals surface area contributed by atoms with Crippen LogP contribution < -0.4 is 15.4 Å². The fourth-order valence-corrected chi connectivity index (χ4v) is 2.85. The Labute approximate surface area is 149 Å². The van der Waals surface area contributed by atoms with Gasteiger partial charge in [0, 0.05) is 18.3 Å². The number of ether oxygens (including phenoxy) is 1. The van der Waals surface area contributed by atoms with Gasteiger partial charge in [-0.3, -0.25) is 4.79 Å². The van der Waals surface area contributed by atoms with E-state index in [9.17, 15) is 4.79 Å². The second-order valence-electron chi connectivity index (χ2n) is 5.00. The van der Waals surface area contributed by atoms with Crippen LogP contribution in [0.5, 0.6) is 5.75 Å². The number of hydrogen-bond donors (Lipinski definition) is 2. The first-order valence-electron chi connectivity index (χ1n) is 7.57. The molecule has 0 aliphatic heterocycles. The van der Waals surface area contributed by atoms with Crippen LogP contribution in [0.4, 0.5) is 5.69 Å². The fraction of sp³-hybridized carbons (Fsp3) is 0.176. The van der Waals surface area contributed by atoms with Crippen molar-refractivity contribution in [1.82, 2.24) is 15.5 Å². The Kier molecular flexibility index (Phi) is 5.30. The van der Waals surface area contributed by atoms with E-state index in [1.54, 1.807) is 18.2 Å². The van der Waals surface area contributed by atoms with E-state index >= 15 is 0 Å². The lowest BCUT2D eigenvalue weighted by Crippen LogP contribution is -2.23. The highest BCUT2D eigenvalue weighted by Crippen LogP contribution is 2.24. The van der Waals surface area contributed by atoms with Crippen LogP contribution in [-0.4, -0.2) is 29.8 Å². The molecule has 0 unspecified atom stereocenters. The molecule has 0 spiro atoms. The van der Waals surface area contributed by atoms with Crippen molar-refractivity contribution in [3.63, 3.8) is 0 Å². The summed E-state index contributed by atoms with van der Waals surface area (Å²) in [6.07, 6.45) is 0. The largest absolute Gasteiger partial charge is 0.496 e. The van der Waals surface area contributed by atoms with Gasteiger partial charge in [-0.2, -0.15) is 0 Å². The zero-order valence-corrected chi connectivity index (χ0v) is 14.4. The predicted molar refractivity (Wildman–Crippen MR) is 95.6 cm³/mol. The number of thiophene rings is 1. The third-order valence-electron chi connectivity index (χ3n) is 3.37. The summed E-state index contributed by atoms with van der Waals surface area (Å²) in [5.74, 6) is 0.973. The van der Waals surface area contributed by atoms with Crippen molar-refractivity contribution in [2.75, 3.05) is 19.0 Å². The van der Waals surface area contributed by atoms with Gasteiger partial charge in [-0.25, -0.2) is 0 Å². The summed E-state index contributed by atoms with van der Waals surface area (Å²) in [5, 5.41) is 15.7. The van der Waals surface area contributed by atoms with Crippen LogP contribution in [-0.2, 0) is 6.54 Å². The molecule has 1 radical (unpaired) electrons. The van der Waals surface area contributed by atoms with Crippen LogP contribution in [0, 0.1) is 6.92 Å². The summed E-state index contributed by atoms with van der Waals surface area (Å²) in [5.41, 5.74) is 1.26. The van der Waals surface area contributed by atoms with E-state index in [1.807, 2.05) is 17.5 Å². The van der Waals surface area contributed by atoms with Crippen molar-refractivity contribution in [2.24, 2.45) is 0 Å². The third kappa shape index (κ3) is 3.97. The summed E-state index contributed by atoms with van der Waals surface area (Å²) in [4.78, 5) is 13.3. The first kappa shape index (κ1) is 17.0. The van der Waals surface area contributed by atoms with Crippen LogP contribution >= 0.6 is 11.3 Å². The van der Waals surface area contributed by atoms with E-state index in [1.165, 1.54) is 18.4 Å². The fourth-order valence-electron chi connectivity index (χ4n) is 2.21. The summed E-state index contributed by atoms with van der Waals surface area (Å²) >= 11 is 1.51. The van der Waals surface area contributed by atoms with Crippen LogP contribution in [0.3, 0.4) is 0 Å². The Morgan fingerprint density at radius 1 is 1.36 bits per heavy atom. The van der Waals surface area contributed by atoms with Gasteiger partial charge >= 0.3 is 0 Å². The van der Waals surface area contributed by atoms with E-state index in [0.717, 1.165) is 10.6 Å². The number of hydrogen-bond acceptors (Lipinski definition) is 7. The number of amides is 1. The van der Waals surface area contributed by atoms with E-state index in [-0.39, 0.29) is 12.5 Å².